The molecule has 0 aliphatic rings. The summed E-state index contributed by atoms with van der Waals surface area (Å²) in [5.41, 5.74) is 0.950. The molecule has 0 atom stereocenters. The number of alkyl carbamates (subject to hydrolysis) is 1. The molecule has 0 fully saturated rings. The molecule has 172 valence electrons. The maximum atomic E-state index is 11.5. The number of hydrogen-bond acceptors (Lipinski definition) is 6. The minimum atomic E-state index is -0.453. The summed E-state index contributed by atoms with van der Waals surface area (Å²) in [7, 11) is 0. The monoisotopic (exact) mass is 445 g/mol. The van der Waals surface area contributed by atoms with Gasteiger partial charge in [0.25, 0.3) is 0 Å². The van der Waals surface area contributed by atoms with E-state index in [9.17, 15) is 4.79 Å². The molecule has 0 saturated carbocycles. The molecule has 0 aliphatic carbocycles. The average Bonchev–Trinajstić information content (AvgIpc) is 2.77. The zero-order valence-electron chi connectivity index (χ0n) is 17.8. The van der Waals surface area contributed by atoms with Gasteiger partial charge in [0, 0.05) is 19.0 Å². The number of alkyl halides is 1. The van der Waals surface area contributed by atoms with Gasteiger partial charge < -0.3 is 29.0 Å². The standard InChI is InChI=1S/C22H36ClNO6/c23-10-6-1-2-7-12-26-14-16-28-18-19-29-17-15-27-13-11-24-22(25)30-20-21-8-4-3-5-9-21/h3-5,8-9H,1-2,6-7,10-20H2,(H,24,25). The summed E-state index contributed by atoms with van der Waals surface area (Å²) in [5, 5.41) is 2.64. The molecule has 1 aromatic carbocycles. The Kier molecular flexibility index (Phi) is 18.5. The van der Waals surface area contributed by atoms with Crippen LogP contribution in [0.15, 0.2) is 30.3 Å². The lowest BCUT2D eigenvalue weighted by atomic mass is 10.2. The van der Waals surface area contributed by atoms with Crippen molar-refractivity contribution in [2.75, 3.05) is 65.3 Å². The van der Waals surface area contributed by atoms with Crippen LogP contribution in [0.2, 0.25) is 0 Å². The topological polar surface area (TPSA) is 75.3 Å². The molecule has 0 aliphatic heterocycles. The molecule has 0 radical (unpaired) electrons. The van der Waals surface area contributed by atoms with Crippen molar-refractivity contribution in [3.05, 3.63) is 35.9 Å². The maximum Gasteiger partial charge on any atom is 0.407 e. The third-order valence-electron chi connectivity index (χ3n) is 4.02. The Morgan fingerprint density at radius 1 is 0.733 bits per heavy atom. The van der Waals surface area contributed by atoms with Crippen molar-refractivity contribution in [2.45, 2.75) is 32.3 Å². The third kappa shape index (κ3) is 17.5. The van der Waals surface area contributed by atoms with Crippen LogP contribution >= 0.6 is 11.6 Å². The van der Waals surface area contributed by atoms with Crippen molar-refractivity contribution < 1.29 is 28.5 Å². The zero-order chi connectivity index (χ0) is 21.5. The van der Waals surface area contributed by atoms with Gasteiger partial charge in [0.15, 0.2) is 0 Å². The SMILES string of the molecule is O=C(NCCOCCOCCOCCOCCCCCCCl)OCc1ccccc1. The number of carbonyl (C=O) groups excluding carboxylic acids is 1. The highest BCUT2D eigenvalue weighted by Gasteiger charge is 2.01. The number of carbonyl (C=O) groups is 1. The average molecular weight is 446 g/mol. The molecule has 0 heterocycles. The van der Waals surface area contributed by atoms with Crippen LogP contribution in [0.5, 0.6) is 0 Å². The summed E-state index contributed by atoms with van der Waals surface area (Å²) in [6, 6.07) is 9.54. The van der Waals surface area contributed by atoms with Crippen LogP contribution in [0.3, 0.4) is 0 Å². The largest absolute Gasteiger partial charge is 0.445 e. The summed E-state index contributed by atoms with van der Waals surface area (Å²) in [6.45, 7) is 5.03. The highest BCUT2D eigenvalue weighted by Crippen LogP contribution is 2.01. The van der Waals surface area contributed by atoms with Gasteiger partial charge in [-0.2, -0.15) is 0 Å². The summed E-state index contributed by atoms with van der Waals surface area (Å²) in [5.74, 6) is 0.742. The summed E-state index contributed by atoms with van der Waals surface area (Å²) < 4.78 is 26.8. The van der Waals surface area contributed by atoms with Crippen molar-refractivity contribution in [2.24, 2.45) is 0 Å². The van der Waals surface area contributed by atoms with Crippen molar-refractivity contribution in [1.82, 2.24) is 5.32 Å². The van der Waals surface area contributed by atoms with E-state index in [0.29, 0.717) is 52.8 Å². The van der Waals surface area contributed by atoms with E-state index in [1.807, 2.05) is 30.3 Å². The van der Waals surface area contributed by atoms with Crippen molar-refractivity contribution >= 4 is 17.7 Å². The molecule has 1 aromatic rings. The molecule has 0 bridgehead atoms. The third-order valence-corrected chi connectivity index (χ3v) is 4.28. The van der Waals surface area contributed by atoms with Crippen LogP contribution in [0, 0.1) is 0 Å². The Labute approximate surface area is 185 Å². The molecule has 0 spiro atoms. The normalized spacial score (nSPS) is 10.8. The Morgan fingerprint density at radius 3 is 1.93 bits per heavy atom. The van der Waals surface area contributed by atoms with E-state index in [2.05, 4.69) is 5.32 Å². The lowest BCUT2D eigenvalue weighted by molar-refractivity contribution is -0.00181. The van der Waals surface area contributed by atoms with E-state index >= 15 is 0 Å². The highest BCUT2D eigenvalue weighted by atomic mass is 35.5. The fourth-order valence-electron chi connectivity index (χ4n) is 2.41. The maximum absolute atomic E-state index is 11.5. The number of halogens is 1. The van der Waals surface area contributed by atoms with Gasteiger partial charge in [-0.3, -0.25) is 0 Å². The fourth-order valence-corrected chi connectivity index (χ4v) is 2.60. The first-order valence-electron chi connectivity index (χ1n) is 10.6. The minimum absolute atomic E-state index is 0.255. The van der Waals surface area contributed by atoms with Crippen LogP contribution in [-0.2, 0) is 30.3 Å². The van der Waals surface area contributed by atoms with Crippen molar-refractivity contribution in [3.8, 4) is 0 Å². The van der Waals surface area contributed by atoms with Crippen LogP contribution < -0.4 is 5.32 Å². The van der Waals surface area contributed by atoms with E-state index in [4.69, 9.17) is 35.3 Å². The van der Waals surface area contributed by atoms with Gasteiger partial charge in [-0.1, -0.05) is 43.2 Å². The molecular formula is C22H36ClNO6. The van der Waals surface area contributed by atoms with Gasteiger partial charge in [0.2, 0.25) is 0 Å². The second kappa shape index (κ2) is 20.9. The molecule has 7 nitrogen and oxygen atoms in total. The number of hydrogen-bond donors (Lipinski definition) is 1. The number of nitrogens with one attached hydrogen (secondary N) is 1. The highest BCUT2D eigenvalue weighted by molar-refractivity contribution is 6.17. The number of unbranched alkanes of at least 4 members (excludes halogenated alkanes) is 3. The van der Waals surface area contributed by atoms with E-state index in [1.165, 1.54) is 6.42 Å². The van der Waals surface area contributed by atoms with Gasteiger partial charge in [-0.05, 0) is 18.4 Å². The summed E-state index contributed by atoms with van der Waals surface area (Å²) in [6.07, 6.45) is 4.03. The molecule has 8 heteroatoms. The second-order valence-electron chi connectivity index (χ2n) is 6.54. The Morgan fingerprint density at radius 2 is 1.30 bits per heavy atom. The molecule has 30 heavy (non-hydrogen) atoms. The fraction of sp³-hybridized carbons (Fsp3) is 0.682. The van der Waals surface area contributed by atoms with Crippen molar-refractivity contribution in [1.29, 1.82) is 0 Å². The molecular weight excluding hydrogens is 410 g/mol. The molecule has 0 unspecified atom stereocenters. The first-order valence-corrected chi connectivity index (χ1v) is 11.2. The summed E-state index contributed by atoms with van der Waals surface area (Å²) >= 11 is 5.63. The van der Waals surface area contributed by atoms with Gasteiger partial charge in [-0.25, -0.2) is 4.79 Å². The Balaban J connectivity index is 1.73. The molecule has 1 N–H and O–H groups in total. The number of amides is 1. The van der Waals surface area contributed by atoms with Crippen LogP contribution in [0.4, 0.5) is 4.79 Å². The van der Waals surface area contributed by atoms with Crippen molar-refractivity contribution in [3.63, 3.8) is 0 Å². The number of benzene rings is 1. The number of rotatable bonds is 20. The first kappa shape index (κ1) is 26.7. The van der Waals surface area contributed by atoms with Crippen LogP contribution in [0.1, 0.15) is 31.2 Å². The van der Waals surface area contributed by atoms with Crippen LogP contribution in [-0.4, -0.2) is 71.4 Å². The predicted molar refractivity (Wildman–Crippen MR) is 117 cm³/mol. The minimum Gasteiger partial charge on any atom is -0.445 e. The second-order valence-corrected chi connectivity index (χ2v) is 6.92. The van der Waals surface area contributed by atoms with E-state index in [1.54, 1.807) is 0 Å². The van der Waals surface area contributed by atoms with Gasteiger partial charge in [0.1, 0.15) is 6.61 Å². The predicted octanol–water partition coefficient (Wildman–Crippen LogP) is 3.78. The molecule has 1 rings (SSSR count). The van der Waals surface area contributed by atoms with Crippen LogP contribution in [0.25, 0.3) is 0 Å². The van der Waals surface area contributed by atoms with Gasteiger partial charge >= 0.3 is 6.09 Å². The lowest BCUT2D eigenvalue weighted by Gasteiger charge is -2.09. The zero-order valence-corrected chi connectivity index (χ0v) is 18.6. The Hall–Kier alpha value is -1.38. The first-order chi connectivity index (χ1) is 14.8. The molecule has 0 saturated heterocycles. The van der Waals surface area contributed by atoms with Gasteiger partial charge in [0.05, 0.1) is 46.2 Å². The summed E-state index contributed by atoms with van der Waals surface area (Å²) in [4.78, 5) is 11.5. The van der Waals surface area contributed by atoms with E-state index in [0.717, 1.165) is 37.3 Å². The van der Waals surface area contributed by atoms with E-state index < -0.39 is 6.09 Å². The lowest BCUT2D eigenvalue weighted by Crippen LogP contribution is -2.28. The molecule has 1 amide bonds. The number of ether oxygens (including phenoxy) is 5. The van der Waals surface area contributed by atoms with E-state index in [-0.39, 0.29) is 6.61 Å². The molecule has 0 aromatic heterocycles. The quantitative estimate of drug-likeness (QED) is 0.243. The Bertz CT molecular complexity index is 506. The van der Waals surface area contributed by atoms with Gasteiger partial charge in [-0.15, -0.1) is 11.6 Å². The smallest absolute Gasteiger partial charge is 0.407 e.